The number of amides is 2. The summed E-state index contributed by atoms with van der Waals surface area (Å²) in [6.07, 6.45) is 10.5. The molecule has 0 unspecified atom stereocenters. The molecule has 4 bridgehead atoms. The molecule has 1 heterocycles. The van der Waals surface area contributed by atoms with Gasteiger partial charge in [-0.05, 0) is 97.1 Å². The lowest BCUT2D eigenvalue weighted by atomic mass is 9.49. The van der Waals surface area contributed by atoms with Crippen LogP contribution in [-0.2, 0) is 9.59 Å². The maximum absolute atomic E-state index is 12.7. The number of hydrogen-bond acceptors (Lipinski definition) is 5. The summed E-state index contributed by atoms with van der Waals surface area (Å²) in [4.78, 5) is 25.2. The fourth-order valence-electron chi connectivity index (χ4n) is 6.98. The van der Waals surface area contributed by atoms with Gasteiger partial charge < -0.3 is 10.6 Å². The second-order valence-electron chi connectivity index (χ2n) is 10.7. The van der Waals surface area contributed by atoms with Gasteiger partial charge in [-0.3, -0.25) is 9.59 Å². The average Bonchev–Trinajstić information content (AvgIpc) is 3.47. The summed E-state index contributed by atoms with van der Waals surface area (Å²) in [6, 6.07) is 7.90. The first kappa shape index (κ1) is 19.9. The molecule has 32 heavy (non-hydrogen) atoms. The first-order chi connectivity index (χ1) is 15.6. The Morgan fingerprint density at radius 1 is 1.03 bits per heavy atom. The Kier molecular flexibility index (Phi) is 4.77. The van der Waals surface area contributed by atoms with Gasteiger partial charge in [-0.25, -0.2) is 4.68 Å². The van der Waals surface area contributed by atoms with E-state index in [9.17, 15) is 9.59 Å². The van der Waals surface area contributed by atoms with Crippen molar-refractivity contribution in [3.63, 3.8) is 0 Å². The van der Waals surface area contributed by atoms with E-state index in [4.69, 9.17) is 0 Å². The Morgan fingerprint density at radius 3 is 2.44 bits per heavy atom. The van der Waals surface area contributed by atoms with Crippen molar-refractivity contribution in [3.8, 4) is 11.4 Å². The Hall–Kier alpha value is -2.77. The molecule has 5 saturated carbocycles. The van der Waals surface area contributed by atoms with E-state index in [1.807, 2.05) is 28.9 Å². The molecule has 0 spiro atoms. The minimum absolute atomic E-state index is 0.00472. The van der Waals surface area contributed by atoms with Gasteiger partial charge in [0.05, 0.1) is 12.6 Å². The lowest BCUT2D eigenvalue weighted by Gasteiger charge is -2.56. The Balaban J connectivity index is 1.04. The molecule has 0 aliphatic heterocycles. The third-order valence-corrected chi connectivity index (χ3v) is 7.94. The zero-order chi connectivity index (χ0) is 21.7. The Bertz CT molecular complexity index is 1010. The predicted molar refractivity (Wildman–Crippen MR) is 118 cm³/mol. The van der Waals surface area contributed by atoms with Crippen molar-refractivity contribution in [2.45, 2.75) is 63.8 Å². The molecule has 7 rings (SSSR count). The zero-order valence-electron chi connectivity index (χ0n) is 18.3. The van der Waals surface area contributed by atoms with Gasteiger partial charge >= 0.3 is 0 Å². The molecular formula is C24H30N6O2. The van der Waals surface area contributed by atoms with E-state index >= 15 is 0 Å². The lowest BCUT2D eigenvalue weighted by molar-refractivity contribution is -0.131. The van der Waals surface area contributed by atoms with Crippen LogP contribution >= 0.6 is 0 Å². The summed E-state index contributed by atoms with van der Waals surface area (Å²) < 4.78 is 1.85. The van der Waals surface area contributed by atoms with Crippen molar-refractivity contribution < 1.29 is 9.59 Å². The van der Waals surface area contributed by atoms with E-state index in [1.165, 1.54) is 38.5 Å². The number of tetrazole rings is 1. The quantitative estimate of drug-likeness (QED) is 0.696. The van der Waals surface area contributed by atoms with Crippen molar-refractivity contribution in [1.29, 1.82) is 0 Å². The van der Waals surface area contributed by atoms with Crippen molar-refractivity contribution in [2.24, 2.45) is 23.2 Å². The summed E-state index contributed by atoms with van der Waals surface area (Å²) in [5, 5.41) is 17.8. The van der Waals surface area contributed by atoms with Gasteiger partial charge in [0.25, 0.3) is 0 Å². The van der Waals surface area contributed by atoms with Crippen molar-refractivity contribution in [2.75, 3.05) is 11.9 Å². The molecule has 0 radical (unpaired) electrons. The molecule has 168 valence electrons. The highest BCUT2D eigenvalue weighted by Crippen LogP contribution is 2.61. The number of anilines is 1. The molecule has 0 saturated heterocycles. The van der Waals surface area contributed by atoms with E-state index in [2.05, 4.69) is 26.2 Å². The molecule has 2 amide bonds. The minimum Gasteiger partial charge on any atom is -0.347 e. The van der Waals surface area contributed by atoms with Crippen molar-refractivity contribution in [1.82, 2.24) is 25.5 Å². The van der Waals surface area contributed by atoms with Gasteiger partial charge in [0, 0.05) is 17.7 Å². The topological polar surface area (TPSA) is 102 Å². The maximum atomic E-state index is 12.7. The molecule has 5 fully saturated rings. The fraction of sp³-hybridized carbons (Fsp3) is 0.625. The van der Waals surface area contributed by atoms with Gasteiger partial charge in [0.2, 0.25) is 11.8 Å². The molecule has 2 N–H and O–H groups in total. The van der Waals surface area contributed by atoms with Crippen molar-refractivity contribution >= 4 is 17.5 Å². The summed E-state index contributed by atoms with van der Waals surface area (Å²) >= 11 is 0. The molecule has 1 aromatic carbocycles. The van der Waals surface area contributed by atoms with E-state index in [0.717, 1.165) is 36.2 Å². The normalized spacial score (nSPS) is 30.3. The smallest absolute Gasteiger partial charge is 0.243 e. The molecule has 8 nitrogen and oxygen atoms in total. The summed E-state index contributed by atoms with van der Waals surface area (Å²) in [7, 11) is 0. The fourth-order valence-corrected chi connectivity index (χ4v) is 6.98. The van der Waals surface area contributed by atoms with Crippen LogP contribution in [0.25, 0.3) is 11.4 Å². The van der Waals surface area contributed by atoms with Gasteiger partial charge in [-0.2, -0.15) is 0 Å². The number of nitrogens with one attached hydrogen (secondary N) is 2. The van der Waals surface area contributed by atoms with E-state index in [-0.39, 0.29) is 23.8 Å². The number of benzene rings is 1. The SMILES string of the molecule is O=C(CC12CC3CC(CC(C3)C1)C2)NCC(=O)Nc1cccc(-c2nnnn2C2CC2)c1. The van der Waals surface area contributed by atoms with Gasteiger partial charge in [-0.1, -0.05) is 12.1 Å². The number of carbonyl (C=O) groups is 2. The number of aromatic nitrogens is 4. The third kappa shape index (κ3) is 3.91. The van der Waals surface area contributed by atoms with Crippen LogP contribution in [-0.4, -0.2) is 38.6 Å². The second-order valence-corrected chi connectivity index (χ2v) is 10.7. The molecule has 5 aliphatic rings. The average molecular weight is 435 g/mol. The molecular weight excluding hydrogens is 404 g/mol. The number of carbonyl (C=O) groups excluding carboxylic acids is 2. The first-order valence-electron chi connectivity index (χ1n) is 12.0. The zero-order valence-corrected chi connectivity index (χ0v) is 18.3. The van der Waals surface area contributed by atoms with Crippen LogP contribution in [0.2, 0.25) is 0 Å². The van der Waals surface area contributed by atoms with E-state index in [1.54, 1.807) is 0 Å². The largest absolute Gasteiger partial charge is 0.347 e. The van der Waals surface area contributed by atoms with Crippen LogP contribution in [0.5, 0.6) is 0 Å². The summed E-state index contributed by atoms with van der Waals surface area (Å²) in [5.41, 5.74) is 1.73. The standard InChI is InChI=1S/C24H30N6O2/c31-21(13-24-10-15-6-16(11-24)8-17(7-15)12-24)25-14-22(32)26-19-3-1-2-18(9-19)23-27-28-29-30(23)20-4-5-20/h1-3,9,15-17,20H,4-8,10-14H2,(H,25,31)(H,26,32). The molecule has 1 aromatic heterocycles. The van der Waals surface area contributed by atoms with Crippen LogP contribution in [0.3, 0.4) is 0 Å². The molecule has 5 aliphatic carbocycles. The number of nitrogens with zero attached hydrogens (tertiary/aromatic N) is 4. The molecule has 0 atom stereocenters. The monoisotopic (exact) mass is 434 g/mol. The maximum Gasteiger partial charge on any atom is 0.243 e. The van der Waals surface area contributed by atoms with Gasteiger partial charge in [-0.15, -0.1) is 5.10 Å². The van der Waals surface area contributed by atoms with Crippen LogP contribution in [0, 0.1) is 23.2 Å². The molecule has 2 aromatic rings. The molecule has 8 heteroatoms. The van der Waals surface area contributed by atoms with Gasteiger partial charge in [0.15, 0.2) is 5.82 Å². The Morgan fingerprint density at radius 2 is 1.75 bits per heavy atom. The lowest BCUT2D eigenvalue weighted by Crippen LogP contribution is -2.48. The highest BCUT2D eigenvalue weighted by Gasteiger charge is 2.51. The van der Waals surface area contributed by atoms with Crippen LogP contribution in [0.1, 0.15) is 63.8 Å². The number of rotatable bonds is 7. The van der Waals surface area contributed by atoms with Crippen LogP contribution in [0.4, 0.5) is 5.69 Å². The van der Waals surface area contributed by atoms with Crippen molar-refractivity contribution in [3.05, 3.63) is 24.3 Å². The predicted octanol–water partition coefficient (Wildman–Crippen LogP) is 3.34. The highest BCUT2D eigenvalue weighted by atomic mass is 16.2. The number of hydrogen-bond donors (Lipinski definition) is 2. The van der Waals surface area contributed by atoms with Crippen LogP contribution in [0.15, 0.2) is 24.3 Å². The van der Waals surface area contributed by atoms with Gasteiger partial charge in [0.1, 0.15) is 0 Å². The summed E-state index contributed by atoms with van der Waals surface area (Å²) in [6.45, 7) is -0.00472. The first-order valence-corrected chi connectivity index (χ1v) is 12.0. The Labute approximate surface area is 187 Å². The summed E-state index contributed by atoms with van der Waals surface area (Å²) in [5.74, 6) is 2.98. The second kappa shape index (κ2) is 7.67. The third-order valence-electron chi connectivity index (χ3n) is 7.94. The minimum atomic E-state index is -0.220. The van der Waals surface area contributed by atoms with E-state index < -0.39 is 0 Å². The van der Waals surface area contributed by atoms with E-state index in [0.29, 0.717) is 24.0 Å². The highest BCUT2D eigenvalue weighted by molar-refractivity contribution is 5.95. The van der Waals surface area contributed by atoms with Crippen LogP contribution < -0.4 is 10.6 Å².